The molecular formula is C21H32N4O3. The summed E-state index contributed by atoms with van der Waals surface area (Å²) >= 11 is 0. The lowest BCUT2D eigenvalue weighted by Gasteiger charge is -2.33. The third-order valence-corrected chi connectivity index (χ3v) is 5.67. The van der Waals surface area contributed by atoms with E-state index in [2.05, 4.69) is 17.1 Å². The van der Waals surface area contributed by atoms with Gasteiger partial charge in [0.1, 0.15) is 11.9 Å². The highest BCUT2D eigenvalue weighted by Crippen LogP contribution is 2.19. The molecular weight excluding hydrogens is 356 g/mol. The second kappa shape index (κ2) is 9.78. The molecule has 28 heavy (non-hydrogen) atoms. The van der Waals surface area contributed by atoms with E-state index in [9.17, 15) is 9.59 Å². The molecule has 2 heterocycles. The monoisotopic (exact) mass is 388 g/mol. The first-order chi connectivity index (χ1) is 13.5. The fraction of sp³-hybridized carbons (Fsp3) is 0.619. The molecule has 2 aliphatic heterocycles. The molecule has 1 atom stereocenters. The lowest BCUT2D eigenvalue weighted by molar-refractivity contribution is -0.123. The summed E-state index contributed by atoms with van der Waals surface area (Å²) in [6, 6.07) is 8.07. The van der Waals surface area contributed by atoms with E-state index >= 15 is 0 Å². The number of likely N-dealkylation sites (tertiary alicyclic amines) is 2. The first-order valence-corrected chi connectivity index (χ1v) is 10.3. The van der Waals surface area contributed by atoms with E-state index in [0.29, 0.717) is 26.2 Å². The smallest absolute Gasteiger partial charge is 0.317 e. The van der Waals surface area contributed by atoms with Crippen LogP contribution in [0.4, 0.5) is 4.79 Å². The Bertz CT molecular complexity index is 656. The molecule has 7 nitrogen and oxygen atoms in total. The molecule has 3 N–H and O–H groups in total. The minimum atomic E-state index is -0.218. The molecule has 0 radical (unpaired) electrons. The zero-order chi connectivity index (χ0) is 19.9. The van der Waals surface area contributed by atoms with Gasteiger partial charge < -0.3 is 25.6 Å². The van der Waals surface area contributed by atoms with Crippen LogP contribution in [-0.4, -0.2) is 67.1 Å². The van der Waals surface area contributed by atoms with Crippen molar-refractivity contribution in [1.82, 2.24) is 15.1 Å². The summed E-state index contributed by atoms with van der Waals surface area (Å²) in [5.41, 5.74) is 6.63. The van der Waals surface area contributed by atoms with Crippen LogP contribution in [0.3, 0.4) is 0 Å². The Labute approximate surface area is 167 Å². The van der Waals surface area contributed by atoms with Crippen LogP contribution in [0.1, 0.15) is 31.2 Å². The molecule has 0 saturated carbocycles. The van der Waals surface area contributed by atoms with Crippen molar-refractivity contribution in [1.29, 1.82) is 0 Å². The van der Waals surface area contributed by atoms with Crippen molar-refractivity contribution in [3.05, 3.63) is 29.8 Å². The Morgan fingerprint density at radius 2 is 1.86 bits per heavy atom. The fourth-order valence-corrected chi connectivity index (χ4v) is 3.91. The number of nitrogens with two attached hydrogens (primary N) is 1. The molecule has 7 heteroatoms. The lowest BCUT2D eigenvalue weighted by Crippen LogP contribution is -2.49. The van der Waals surface area contributed by atoms with Crippen LogP contribution >= 0.6 is 0 Å². The average Bonchev–Trinajstić information content (AvgIpc) is 2.70. The van der Waals surface area contributed by atoms with Crippen molar-refractivity contribution in [2.75, 3.05) is 39.3 Å². The minimum absolute atomic E-state index is 0.0164. The Kier molecular flexibility index (Phi) is 7.14. The highest BCUT2D eigenvalue weighted by atomic mass is 16.5. The number of aryl methyl sites for hydroxylation is 1. The summed E-state index contributed by atoms with van der Waals surface area (Å²) in [4.78, 5) is 27.8. The number of ether oxygens (including phenoxy) is 1. The van der Waals surface area contributed by atoms with E-state index in [4.69, 9.17) is 10.5 Å². The topological polar surface area (TPSA) is 87.9 Å². The SMILES string of the molecule is Cc1ccc(OC2CCN(C(=O)NCCN3CCC[C@H](C(N)=O)C3)CC2)cc1. The number of nitrogens with zero attached hydrogens (tertiary/aromatic N) is 2. The fourth-order valence-electron chi connectivity index (χ4n) is 3.91. The van der Waals surface area contributed by atoms with Crippen molar-refractivity contribution in [2.24, 2.45) is 11.7 Å². The number of primary amides is 1. The maximum atomic E-state index is 12.4. The van der Waals surface area contributed by atoms with Crippen LogP contribution < -0.4 is 15.8 Å². The first-order valence-electron chi connectivity index (χ1n) is 10.3. The highest BCUT2D eigenvalue weighted by molar-refractivity contribution is 5.77. The molecule has 0 aromatic heterocycles. The van der Waals surface area contributed by atoms with E-state index < -0.39 is 0 Å². The van der Waals surface area contributed by atoms with E-state index in [-0.39, 0.29) is 24.0 Å². The van der Waals surface area contributed by atoms with E-state index in [1.807, 2.05) is 29.2 Å². The van der Waals surface area contributed by atoms with Crippen LogP contribution in [0.25, 0.3) is 0 Å². The number of carbonyl (C=O) groups excluding carboxylic acids is 2. The normalized spacial score (nSPS) is 21.3. The number of rotatable bonds is 6. The quantitative estimate of drug-likeness (QED) is 0.777. The molecule has 1 aromatic carbocycles. The number of amides is 3. The van der Waals surface area contributed by atoms with Crippen molar-refractivity contribution in [3.63, 3.8) is 0 Å². The second-order valence-corrected chi connectivity index (χ2v) is 7.89. The summed E-state index contributed by atoms with van der Waals surface area (Å²) in [6.45, 7) is 6.47. The second-order valence-electron chi connectivity index (χ2n) is 7.89. The first kappa shape index (κ1) is 20.5. The number of urea groups is 1. The number of piperidine rings is 2. The Morgan fingerprint density at radius 1 is 1.14 bits per heavy atom. The molecule has 2 saturated heterocycles. The summed E-state index contributed by atoms with van der Waals surface area (Å²) in [5.74, 6) is 0.616. The number of carbonyl (C=O) groups is 2. The largest absolute Gasteiger partial charge is 0.490 e. The van der Waals surface area contributed by atoms with Gasteiger partial charge in [0.25, 0.3) is 0 Å². The summed E-state index contributed by atoms with van der Waals surface area (Å²) in [6.07, 6.45) is 3.70. The number of nitrogens with one attached hydrogen (secondary N) is 1. The van der Waals surface area contributed by atoms with E-state index in [1.165, 1.54) is 5.56 Å². The predicted octanol–water partition coefficient (Wildman–Crippen LogP) is 1.75. The van der Waals surface area contributed by atoms with Crippen molar-refractivity contribution in [2.45, 2.75) is 38.7 Å². The van der Waals surface area contributed by atoms with Crippen LogP contribution in [0, 0.1) is 12.8 Å². The molecule has 1 aromatic rings. The maximum absolute atomic E-state index is 12.4. The van der Waals surface area contributed by atoms with Crippen molar-refractivity contribution >= 4 is 11.9 Å². The van der Waals surface area contributed by atoms with Gasteiger partial charge in [-0.2, -0.15) is 0 Å². The summed E-state index contributed by atoms with van der Waals surface area (Å²) in [7, 11) is 0. The van der Waals surface area contributed by atoms with Gasteiger partial charge in [-0.05, 0) is 38.4 Å². The summed E-state index contributed by atoms with van der Waals surface area (Å²) < 4.78 is 6.03. The molecule has 0 bridgehead atoms. The molecule has 0 aliphatic carbocycles. The van der Waals surface area contributed by atoms with Crippen LogP contribution in [0.2, 0.25) is 0 Å². The third kappa shape index (κ3) is 5.86. The zero-order valence-corrected chi connectivity index (χ0v) is 16.7. The molecule has 2 fully saturated rings. The van der Waals surface area contributed by atoms with Gasteiger partial charge in [0.15, 0.2) is 0 Å². The van der Waals surface area contributed by atoms with Crippen LogP contribution in [0.5, 0.6) is 5.75 Å². The van der Waals surface area contributed by atoms with Crippen molar-refractivity contribution < 1.29 is 14.3 Å². The van der Waals surface area contributed by atoms with Gasteiger partial charge in [0.05, 0.1) is 5.92 Å². The molecule has 0 spiro atoms. The van der Waals surface area contributed by atoms with E-state index in [1.54, 1.807) is 0 Å². The standard InChI is InChI=1S/C21H32N4O3/c1-16-4-6-18(7-5-16)28-19-8-12-25(13-9-19)21(27)23-10-14-24-11-2-3-17(15-24)20(22)26/h4-7,17,19H,2-3,8-15H2,1H3,(H2,22,26)(H,23,27)/t17-/m0/s1. The van der Waals surface area contributed by atoms with Gasteiger partial charge >= 0.3 is 6.03 Å². The maximum Gasteiger partial charge on any atom is 0.317 e. The summed E-state index contributed by atoms with van der Waals surface area (Å²) in [5, 5.41) is 3.00. The van der Waals surface area contributed by atoms with Gasteiger partial charge in [-0.3, -0.25) is 4.79 Å². The molecule has 3 amide bonds. The molecule has 3 rings (SSSR count). The molecule has 154 valence electrons. The Hall–Kier alpha value is -2.28. The Balaban J connectivity index is 1.33. The average molecular weight is 389 g/mol. The van der Waals surface area contributed by atoms with Gasteiger partial charge in [-0.25, -0.2) is 4.79 Å². The van der Waals surface area contributed by atoms with Crippen LogP contribution in [-0.2, 0) is 4.79 Å². The Morgan fingerprint density at radius 3 is 2.54 bits per heavy atom. The lowest BCUT2D eigenvalue weighted by atomic mass is 9.97. The van der Waals surface area contributed by atoms with Gasteiger partial charge in [-0.15, -0.1) is 0 Å². The zero-order valence-electron chi connectivity index (χ0n) is 16.7. The van der Waals surface area contributed by atoms with Crippen LogP contribution in [0.15, 0.2) is 24.3 Å². The number of hydrogen-bond acceptors (Lipinski definition) is 4. The van der Waals surface area contributed by atoms with Gasteiger partial charge in [0.2, 0.25) is 5.91 Å². The predicted molar refractivity (Wildman–Crippen MR) is 108 cm³/mol. The molecule has 0 unspecified atom stereocenters. The third-order valence-electron chi connectivity index (χ3n) is 5.67. The van der Waals surface area contributed by atoms with E-state index in [0.717, 1.165) is 44.5 Å². The number of benzene rings is 1. The molecule has 2 aliphatic rings. The van der Waals surface area contributed by atoms with Crippen molar-refractivity contribution in [3.8, 4) is 5.75 Å². The van der Waals surface area contributed by atoms with Gasteiger partial charge in [0, 0.05) is 45.6 Å². The van der Waals surface area contributed by atoms with Gasteiger partial charge in [-0.1, -0.05) is 17.7 Å². The highest BCUT2D eigenvalue weighted by Gasteiger charge is 2.25. The minimum Gasteiger partial charge on any atom is -0.490 e. The number of hydrogen-bond donors (Lipinski definition) is 2.